The molecule has 0 aliphatic carbocycles. The van der Waals surface area contributed by atoms with E-state index in [4.69, 9.17) is 4.74 Å². The number of aryl methyl sites for hydroxylation is 2. The Morgan fingerprint density at radius 1 is 1.39 bits per heavy atom. The predicted molar refractivity (Wildman–Crippen MR) is 87.2 cm³/mol. The lowest BCUT2D eigenvalue weighted by Gasteiger charge is -2.19. The first-order valence-corrected chi connectivity index (χ1v) is 7.69. The standard InChI is InChI=1S/C16H25N5O2/c1-12-13(9-20(5)19-12)10-21-11-17-8-14(21)6-7-18-15(22)23-16(2,3)4/h8-9,11H,6-7,10H2,1-5H3,(H,18,22). The van der Waals surface area contributed by atoms with Gasteiger partial charge in [0.05, 0.1) is 18.6 Å². The summed E-state index contributed by atoms with van der Waals surface area (Å²) in [5.74, 6) is 0. The summed E-state index contributed by atoms with van der Waals surface area (Å²) in [6.07, 6.45) is 5.93. The zero-order valence-electron chi connectivity index (χ0n) is 14.5. The van der Waals surface area contributed by atoms with E-state index in [1.807, 2.05) is 51.8 Å². The van der Waals surface area contributed by atoms with E-state index in [1.54, 1.807) is 6.33 Å². The molecule has 0 aromatic carbocycles. The second-order valence-electron chi connectivity index (χ2n) is 6.60. The lowest BCUT2D eigenvalue weighted by molar-refractivity contribution is 0.0528. The fourth-order valence-corrected chi connectivity index (χ4v) is 2.29. The number of nitrogens with zero attached hydrogens (tertiary/aromatic N) is 4. The molecule has 2 aromatic rings. The van der Waals surface area contributed by atoms with Crippen molar-refractivity contribution in [3.8, 4) is 0 Å². The molecule has 126 valence electrons. The summed E-state index contributed by atoms with van der Waals surface area (Å²) in [5.41, 5.74) is 2.75. The van der Waals surface area contributed by atoms with Gasteiger partial charge in [-0.1, -0.05) is 0 Å². The smallest absolute Gasteiger partial charge is 0.407 e. The molecule has 0 radical (unpaired) electrons. The summed E-state index contributed by atoms with van der Waals surface area (Å²) in [7, 11) is 1.91. The van der Waals surface area contributed by atoms with Gasteiger partial charge in [-0.05, 0) is 27.7 Å². The van der Waals surface area contributed by atoms with E-state index in [0.29, 0.717) is 13.0 Å². The van der Waals surface area contributed by atoms with Crippen LogP contribution in [0.1, 0.15) is 37.7 Å². The van der Waals surface area contributed by atoms with Crippen molar-refractivity contribution in [2.45, 2.75) is 46.3 Å². The van der Waals surface area contributed by atoms with Crippen LogP contribution in [0.4, 0.5) is 4.79 Å². The number of hydrogen-bond donors (Lipinski definition) is 1. The highest BCUT2D eigenvalue weighted by atomic mass is 16.6. The van der Waals surface area contributed by atoms with E-state index < -0.39 is 11.7 Å². The van der Waals surface area contributed by atoms with Gasteiger partial charge in [-0.25, -0.2) is 9.78 Å². The number of carbonyl (C=O) groups is 1. The van der Waals surface area contributed by atoms with Gasteiger partial charge in [0, 0.05) is 43.7 Å². The molecule has 0 fully saturated rings. The molecule has 0 aliphatic rings. The topological polar surface area (TPSA) is 74.0 Å². The molecule has 0 bridgehead atoms. The number of rotatable bonds is 5. The van der Waals surface area contributed by atoms with Crippen molar-refractivity contribution >= 4 is 6.09 Å². The van der Waals surface area contributed by atoms with Crippen LogP contribution in [0.2, 0.25) is 0 Å². The van der Waals surface area contributed by atoms with Gasteiger partial charge in [-0.15, -0.1) is 0 Å². The Bertz CT molecular complexity index is 666. The summed E-state index contributed by atoms with van der Waals surface area (Å²) >= 11 is 0. The molecule has 1 amide bonds. The number of hydrogen-bond acceptors (Lipinski definition) is 4. The minimum atomic E-state index is -0.482. The quantitative estimate of drug-likeness (QED) is 0.915. The Balaban J connectivity index is 1.89. The highest BCUT2D eigenvalue weighted by Gasteiger charge is 2.15. The van der Waals surface area contributed by atoms with E-state index in [2.05, 4.69) is 20.0 Å². The van der Waals surface area contributed by atoms with Gasteiger partial charge < -0.3 is 14.6 Å². The fraction of sp³-hybridized carbons (Fsp3) is 0.562. The van der Waals surface area contributed by atoms with Crippen molar-refractivity contribution in [2.75, 3.05) is 6.54 Å². The van der Waals surface area contributed by atoms with Crippen LogP contribution < -0.4 is 5.32 Å². The number of imidazole rings is 1. The number of carbonyl (C=O) groups excluding carboxylic acids is 1. The lowest BCUT2D eigenvalue weighted by Crippen LogP contribution is -2.33. The number of amides is 1. The first-order chi connectivity index (χ1) is 10.7. The van der Waals surface area contributed by atoms with Gasteiger partial charge in [0.25, 0.3) is 0 Å². The monoisotopic (exact) mass is 319 g/mol. The van der Waals surface area contributed by atoms with Crippen molar-refractivity contribution < 1.29 is 9.53 Å². The van der Waals surface area contributed by atoms with Gasteiger partial charge >= 0.3 is 6.09 Å². The van der Waals surface area contributed by atoms with Crippen molar-refractivity contribution in [2.24, 2.45) is 7.05 Å². The zero-order valence-corrected chi connectivity index (χ0v) is 14.5. The Kier molecular flexibility index (Phi) is 5.08. The number of ether oxygens (including phenoxy) is 1. The van der Waals surface area contributed by atoms with E-state index in [-0.39, 0.29) is 0 Å². The summed E-state index contributed by atoms with van der Waals surface area (Å²) in [6.45, 7) is 8.76. The summed E-state index contributed by atoms with van der Waals surface area (Å²) in [5, 5.41) is 7.12. The highest BCUT2D eigenvalue weighted by Crippen LogP contribution is 2.10. The van der Waals surface area contributed by atoms with Crippen LogP contribution in [0.3, 0.4) is 0 Å². The first-order valence-electron chi connectivity index (χ1n) is 7.69. The van der Waals surface area contributed by atoms with Crippen LogP contribution in [-0.2, 0) is 24.8 Å². The van der Waals surface area contributed by atoms with E-state index in [9.17, 15) is 4.79 Å². The SMILES string of the molecule is Cc1nn(C)cc1Cn1cncc1CCNC(=O)OC(C)(C)C. The van der Waals surface area contributed by atoms with E-state index in [1.165, 1.54) is 0 Å². The molecule has 0 unspecified atom stereocenters. The Morgan fingerprint density at radius 2 is 2.13 bits per heavy atom. The van der Waals surface area contributed by atoms with Crippen LogP contribution in [-0.4, -0.2) is 37.6 Å². The van der Waals surface area contributed by atoms with Gasteiger partial charge in [-0.3, -0.25) is 4.68 Å². The molecule has 2 rings (SSSR count). The van der Waals surface area contributed by atoms with Gasteiger partial charge in [0.15, 0.2) is 0 Å². The van der Waals surface area contributed by atoms with Crippen LogP contribution in [0.5, 0.6) is 0 Å². The minimum absolute atomic E-state index is 0.397. The number of aromatic nitrogens is 4. The molecule has 23 heavy (non-hydrogen) atoms. The van der Waals surface area contributed by atoms with Gasteiger partial charge in [0.1, 0.15) is 5.60 Å². The van der Waals surface area contributed by atoms with E-state index in [0.717, 1.165) is 23.5 Å². The number of alkyl carbamates (subject to hydrolysis) is 1. The summed E-state index contributed by atoms with van der Waals surface area (Å²) in [6, 6.07) is 0. The fourth-order valence-electron chi connectivity index (χ4n) is 2.29. The normalized spacial score (nSPS) is 11.5. The molecule has 0 saturated carbocycles. The molecule has 0 aliphatic heterocycles. The largest absolute Gasteiger partial charge is 0.444 e. The maximum atomic E-state index is 11.6. The van der Waals surface area contributed by atoms with Gasteiger partial charge in [-0.2, -0.15) is 5.10 Å². The predicted octanol–water partition coefficient (Wildman–Crippen LogP) is 2.04. The molecule has 7 heteroatoms. The van der Waals surface area contributed by atoms with Crippen LogP contribution in [0.15, 0.2) is 18.7 Å². The summed E-state index contributed by atoms with van der Waals surface area (Å²) in [4.78, 5) is 15.8. The third-order valence-corrected chi connectivity index (χ3v) is 3.30. The second kappa shape index (κ2) is 6.85. The minimum Gasteiger partial charge on any atom is -0.444 e. The first kappa shape index (κ1) is 17.1. The van der Waals surface area contributed by atoms with Crippen LogP contribution in [0, 0.1) is 6.92 Å². The highest BCUT2D eigenvalue weighted by molar-refractivity contribution is 5.67. The summed E-state index contributed by atoms with van der Waals surface area (Å²) < 4.78 is 9.10. The molecular weight excluding hydrogens is 294 g/mol. The van der Waals surface area contributed by atoms with E-state index >= 15 is 0 Å². The zero-order chi connectivity index (χ0) is 17.0. The maximum absolute atomic E-state index is 11.6. The molecule has 7 nitrogen and oxygen atoms in total. The molecule has 2 heterocycles. The molecule has 1 N–H and O–H groups in total. The van der Waals surface area contributed by atoms with Crippen LogP contribution >= 0.6 is 0 Å². The molecule has 0 saturated heterocycles. The maximum Gasteiger partial charge on any atom is 0.407 e. The number of nitrogens with one attached hydrogen (secondary N) is 1. The molecule has 0 atom stereocenters. The average molecular weight is 319 g/mol. The van der Waals surface area contributed by atoms with Crippen molar-refractivity contribution in [1.29, 1.82) is 0 Å². The lowest BCUT2D eigenvalue weighted by atomic mass is 10.2. The Labute approximate surface area is 136 Å². The van der Waals surface area contributed by atoms with Crippen molar-refractivity contribution in [3.63, 3.8) is 0 Å². The Morgan fingerprint density at radius 3 is 2.74 bits per heavy atom. The van der Waals surface area contributed by atoms with Crippen molar-refractivity contribution in [1.82, 2.24) is 24.6 Å². The second-order valence-corrected chi connectivity index (χ2v) is 6.60. The molecular formula is C16H25N5O2. The van der Waals surface area contributed by atoms with Crippen molar-refractivity contribution in [3.05, 3.63) is 35.7 Å². The molecule has 2 aromatic heterocycles. The third-order valence-electron chi connectivity index (χ3n) is 3.30. The average Bonchev–Trinajstić information content (AvgIpc) is 2.95. The van der Waals surface area contributed by atoms with Gasteiger partial charge in [0.2, 0.25) is 0 Å². The Hall–Kier alpha value is -2.31. The third kappa shape index (κ3) is 5.12. The molecule has 0 spiro atoms. The van der Waals surface area contributed by atoms with Crippen LogP contribution in [0.25, 0.3) is 0 Å².